The monoisotopic (exact) mass is 475 g/mol. The van der Waals surface area contributed by atoms with Crippen LogP contribution in [-0.2, 0) is 24.2 Å². The topological polar surface area (TPSA) is 98.8 Å². The van der Waals surface area contributed by atoms with Gasteiger partial charge < -0.3 is 14.8 Å². The molecule has 0 aliphatic heterocycles. The lowest BCUT2D eigenvalue weighted by atomic mass is 10.0. The first-order chi connectivity index (χ1) is 15.6. The molecule has 0 aliphatic carbocycles. The molecular formula is C23H19F2NO6S. The van der Waals surface area contributed by atoms with Gasteiger partial charge in [0.15, 0.2) is 21.4 Å². The number of sulfone groups is 1. The molecule has 10 heteroatoms. The molecule has 7 nitrogen and oxygen atoms in total. The summed E-state index contributed by atoms with van der Waals surface area (Å²) in [6.07, 6.45) is 1.08. The van der Waals surface area contributed by atoms with Gasteiger partial charge >= 0.3 is 11.9 Å². The molecule has 33 heavy (non-hydrogen) atoms. The van der Waals surface area contributed by atoms with Crippen LogP contribution in [0.25, 0.3) is 11.1 Å². The summed E-state index contributed by atoms with van der Waals surface area (Å²) in [6, 6.07) is 13.0. The summed E-state index contributed by atoms with van der Waals surface area (Å²) in [5.74, 6) is -4.04. The average Bonchev–Trinajstić information content (AvgIpc) is 2.75. The van der Waals surface area contributed by atoms with Crippen LogP contribution in [0.3, 0.4) is 0 Å². The van der Waals surface area contributed by atoms with Crippen molar-refractivity contribution in [1.29, 1.82) is 0 Å². The number of ether oxygens (including phenoxy) is 2. The number of rotatable bonds is 6. The van der Waals surface area contributed by atoms with E-state index in [-0.39, 0.29) is 28.7 Å². The SMILES string of the molecule is CCOC(=O)C(=O)Nc1ccc(-c2ccc(S(C)(=O)=O)cc2)c(Oc2ccc(F)cc2F)c1. The quantitative estimate of drug-likeness (QED) is 0.421. The van der Waals surface area contributed by atoms with Gasteiger partial charge in [0.2, 0.25) is 0 Å². The lowest BCUT2D eigenvalue weighted by Crippen LogP contribution is -2.24. The maximum absolute atomic E-state index is 14.2. The summed E-state index contributed by atoms with van der Waals surface area (Å²) in [5.41, 5.74) is 1.11. The van der Waals surface area contributed by atoms with Crippen molar-refractivity contribution < 1.29 is 36.3 Å². The number of carbonyl (C=O) groups excluding carboxylic acids is 2. The van der Waals surface area contributed by atoms with Crippen molar-refractivity contribution in [3.63, 3.8) is 0 Å². The Kier molecular flexibility index (Phi) is 7.07. The number of amides is 1. The summed E-state index contributed by atoms with van der Waals surface area (Å²) < 4.78 is 61.2. The summed E-state index contributed by atoms with van der Waals surface area (Å²) in [4.78, 5) is 23.7. The molecule has 3 rings (SSSR count). The second-order valence-corrected chi connectivity index (χ2v) is 8.87. The van der Waals surface area contributed by atoms with Crippen molar-refractivity contribution in [1.82, 2.24) is 0 Å². The molecular weight excluding hydrogens is 456 g/mol. The first-order valence-corrected chi connectivity index (χ1v) is 11.5. The van der Waals surface area contributed by atoms with Crippen LogP contribution in [0.4, 0.5) is 14.5 Å². The van der Waals surface area contributed by atoms with Gasteiger partial charge in [0.25, 0.3) is 0 Å². The molecule has 0 aliphatic rings. The van der Waals surface area contributed by atoms with E-state index < -0.39 is 33.3 Å². The lowest BCUT2D eigenvalue weighted by Gasteiger charge is -2.15. The van der Waals surface area contributed by atoms with E-state index in [1.807, 2.05) is 0 Å². The number of halogens is 2. The van der Waals surface area contributed by atoms with Crippen LogP contribution in [0.1, 0.15) is 6.92 Å². The predicted octanol–water partition coefficient (Wildman–Crippen LogP) is 4.33. The van der Waals surface area contributed by atoms with Crippen LogP contribution in [0.5, 0.6) is 11.5 Å². The fourth-order valence-corrected chi connectivity index (χ4v) is 3.49. The highest BCUT2D eigenvalue weighted by atomic mass is 32.2. The molecule has 0 unspecified atom stereocenters. The van der Waals surface area contributed by atoms with E-state index >= 15 is 0 Å². The largest absolute Gasteiger partial charge is 0.459 e. The summed E-state index contributed by atoms with van der Waals surface area (Å²) in [6.45, 7) is 1.57. The molecule has 0 bridgehead atoms. The first kappa shape index (κ1) is 23.9. The fourth-order valence-electron chi connectivity index (χ4n) is 2.86. The molecule has 0 fully saturated rings. The highest BCUT2D eigenvalue weighted by Crippen LogP contribution is 2.37. The zero-order valence-corrected chi connectivity index (χ0v) is 18.4. The Morgan fingerprint density at radius 3 is 2.24 bits per heavy atom. The molecule has 1 N–H and O–H groups in total. The van der Waals surface area contributed by atoms with Gasteiger partial charge in [0.05, 0.1) is 11.5 Å². The van der Waals surface area contributed by atoms with E-state index in [4.69, 9.17) is 4.74 Å². The van der Waals surface area contributed by atoms with Gasteiger partial charge in [0.1, 0.15) is 11.6 Å². The average molecular weight is 475 g/mol. The maximum Gasteiger partial charge on any atom is 0.397 e. The van der Waals surface area contributed by atoms with Gasteiger partial charge in [-0.05, 0) is 48.9 Å². The van der Waals surface area contributed by atoms with E-state index in [9.17, 15) is 26.8 Å². The second-order valence-electron chi connectivity index (χ2n) is 6.86. The Morgan fingerprint density at radius 2 is 1.64 bits per heavy atom. The number of esters is 1. The summed E-state index contributed by atoms with van der Waals surface area (Å²) in [7, 11) is -3.41. The summed E-state index contributed by atoms with van der Waals surface area (Å²) >= 11 is 0. The van der Waals surface area contributed by atoms with Crippen molar-refractivity contribution >= 4 is 27.4 Å². The number of hydrogen-bond acceptors (Lipinski definition) is 6. The number of hydrogen-bond donors (Lipinski definition) is 1. The van der Waals surface area contributed by atoms with E-state index in [1.54, 1.807) is 6.92 Å². The van der Waals surface area contributed by atoms with E-state index in [1.165, 1.54) is 42.5 Å². The number of carbonyl (C=O) groups is 2. The standard InChI is InChI=1S/C23H19F2NO6S/c1-3-31-23(28)22(27)26-16-7-10-18(14-4-8-17(9-5-14)33(2,29)30)21(13-16)32-20-11-6-15(24)12-19(20)25/h4-13H,3H2,1-2H3,(H,26,27). The van der Waals surface area contributed by atoms with Gasteiger partial charge in [-0.3, -0.25) is 4.79 Å². The molecule has 172 valence electrons. The molecule has 3 aromatic carbocycles. The van der Waals surface area contributed by atoms with Crippen LogP contribution in [0.2, 0.25) is 0 Å². The van der Waals surface area contributed by atoms with Crippen molar-refractivity contribution in [3.8, 4) is 22.6 Å². The van der Waals surface area contributed by atoms with E-state index in [0.29, 0.717) is 17.2 Å². The summed E-state index contributed by atoms with van der Waals surface area (Å²) in [5, 5.41) is 2.36. The Labute approximate surface area is 188 Å². The molecule has 0 saturated heterocycles. The minimum atomic E-state index is -3.41. The lowest BCUT2D eigenvalue weighted by molar-refractivity contribution is -0.152. The zero-order chi connectivity index (χ0) is 24.2. The molecule has 0 aromatic heterocycles. The molecule has 0 atom stereocenters. The van der Waals surface area contributed by atoms with Crippen LogP contribution in [0.15, 0.2) is 65.6 Å². The highest BCUT2D eigenvalue weighted by Gasteiger charge is 2.18. The van der Waals surface area contributed by atoms with Gasteiger partial charge in [-0.2, -0.15) is 0 Å². The number of nitrogens with one attached hydrogen (secondary N) is 1. The molecule has 0 heterocycles. The van der Waals surface area contributed by atoms with Gasteiger partial charge in [0, 0.05) is 29.6 Å². The fraction of sp³-hybridized carbons (Fsp3) is 0.130. The van der Waals surface area contributed by atoms with Crippen molar-refractivity contribution in [2.45, 2.75) is 11.8 Å². The van der Waals surface area contributed by atoms with Crippen LogP contribution in [0, 0.1) is 11.6 Å². The van der Waals surface area contributed by atoms with Crippen LogP contribution < -0.4 is 10.1 Å². The van der Waals surface area contributed by atoms with Crippen LogP contribution in [-0.4, -0.2) is 33.2 Å². The van der Waals surface area contributed by atoms with E-state index in [2.05, 4.69) is 10.1 Å². The van der Waals surface area contributed by atoms with Gasteiger partial charge in [-0.25, -0.2) is 22.0 Å². The van der Waals surface area contributed by atoms with Crippen molar-refractivity contribution in [2.24, 2.45) is 0 Å². The van der Waals surface area contributed by atoms with Gasteiger partial charge in [-0.1, -0.05) is 12.1 Å². The zero-order valence-electron chi connectivity index (χ0n) is 17.6. The van der Waals surface area contributed by atoms with Crippen LogP contribution >= 0.6 is 0 Å². The Balaban J connectivity index is 2.02. The third kappa shape index (κ3) is 5.92. The predicted molar refractivity (Wildman–Crippen MR) is 117 cm³/mol. The third-order valence-electron chi connectivity index (χ3n) is 4.41. The third-order valence-corrected chi connectivity index (χ3v) is 5.54. The normalized spacial score (nSPS) is 11.0. The second kappa shape index (κ2) is 9.78. The minimum absolute atomic E-state index is 0.0207. The van der Waals surface area contributed by atoms with Crippen molar-refractivity contribution in [3.05, 3.63) is 72.3 Å². The molecule has 0 saturated carbocycles. The number of benzene rings is 3. The molecule has 0 radical (unpaired) electrons. The Bertz CT molecular complexity index is 1310. The maximum atomic E-state index is 14.2. The van der Waals surface area contributed by atoms with Gasteiger partial charge in [-0.15, -0.1) is 0 Å². The smallest absolute Gasteiger partial charge is 0.397 e. The first-order valence-electron chi connectivity index (χ1n) is 9.64. The number of anilines is 1. The highest BCUT2D eigenvalue weighted by molar-refractivity contribution is 7.90. The minimum Gasteiger partial charge on any atom is -0.459 e. The molecule has 1 amide bonds. The Hall–Kier alpha value is -3.79. The Morgan fingerprint density at radius 1 is 0.939 bits per heavy atom. The van der Waals surface area contributed by atoms with E-state index in [0.717, 1.165) is 18.4 Å². The van der Waals surface area contributed by atoms with Crippen molar-refractivity contribution in [2.75, 3.05) is 18.2 Å². The molecule has 3 aromatic rings. The molecule has 0 spiro atoms.